The molecule has 2 heteroatoms. The Bertz CT molecular complexity index is 523. The minimum atomic E-state index is 0.807. The summed E-state index contributed by atoms with van der Waals surface area (Å²) in [4.78, 5) is 11.0. The average Bonchev–Trinajstić information content (AvgIpc) is 2.51. The van der Waals surface area contributed by atoms with Crippen molar-refractivity contribution in [2.24, 2.45) is 0 Å². The third kappa shape index (κ3) is 1.47. The fourth-order valence-corrected chi connectivity index (χ4v) is 2.14. The molecule has 0 amide bonds. The molecule has 0 radical (unpaired) electrons. The van der Waals surface area contributed by atoms with Gasteiger partial charge in [-0.15, -0.1) is 0 Å². The molecule has 16 heavy (non-hydrogen) atoms. The van der Waals surface area contributed by atoms with E-state index in [-0.39, 0.29) is 0 Å². The number of aromatic nitrogens is 1. The van der Waals surface area contributed by atoms with Gasteiger partial charge in [0.1, 0.15) is 0 Å². The van der Waals surface area contributed by atoms with E-state index in [1.165, 1.54) is 0 Å². The predicted molar refractivity (Wildman–Crippen MR) is 65.4 cm³/mol. The lowest BCUT2D eigenvalue weighted by atomic mass is 10.1. The molecule has 0 N–H and O–H groups in total. The van der Waals surface area contributed by atoms with Gasteiger partial charge in [-0.1, -0.05) is 18.2 Å². The van der Waals surface area contributed by atoms with Crippen molar-refractivity contribution in [2.45, 2.75) is 20.8 Å². The van der Waals surface area contributed by atoms with Gasteiger partial charge in [-0.2, -0.15) is 0 Å². The maximum atomic E-state index is 11.0. The van der Waals surface area contributed by atoms with Crippen molar-refractivity contribution in [3.05, 3.63) is 52.8 Å². The molecule has 0 unspecified atom stereocenters. The summed E-state index contributed by atoms with van der Waals surface area (Å²) in [6.45, 7) is 6.02. The van der Waals surface area contributed by atoms with Crippen LogP contribution in [-0.2, 0) is 0 Å². The summed E-state index contributed by atoms with van der Waals surface area (Å²) in [5.41, 5.74) is 5.12. The van der Waals surface area contributed by atoms with Crippen molar-refractivity contribution in [2.75, 3.05) is 0 Å². The highest BCUT2D eigenvalue weighted by Crippen LogP contribution is 2.23. The van der Waals surface area contributed by atoms with Gasteiger partial charge in [0.05, 0.1) is 0 Å². The summed E-state index contributed by atoms with van der Waals surface area (Å²) in [6.07, 6.45) is 0.942. The number of hydrogen-bond donors (Lipinski definition) is 0. The van der Waals surface area contributed by atoms with Gasteiger partial charge in [0.15, 0.2) is 6.29 Å². The number of rotatable bonds is 2. The maximum absolute atomic E-state index is 11.0. The lowest BCUT2D eigenvalue weighted by Gasteiger charge is -2.09. The van der Waals surface area contributed by atoms with E-state index < -0.39 is 0 Å². The largest absolute Gasteiger partial charge is 0.318 e. The summed E-state index contributed by atoms with van der Waals surface area (Å²) < 4.78 is 2.12. The van der Waals surface area contributed by atoms with Crippen molar-refractivity contribution in [1.82, 2.24) is 4.57 Å². The Balaban J connectivity index is 2.71. The first-order valence-corrected chi connectivity index (χ1v) is 5.36. The quantitative estimate of drug-likeness (QED) is 0.702. The van der Waals surface area contributed by atoms with Crippen LogP contribution < -0.4 is 0 Å². The van der Waals surface area contributed by atoms with Crippen molar-refractivity contribution < 1.29 is 4.79 Å². The van der Waals surface area contributed by atoms with E-state index >= 15 is 0 Å². The highest BCUT2D eigenvalue weighted by Gasteiger charge is 2.14. The SMILES string of the molecule is Cc1c(C=O)c(C)n(-c2ccccc2)c1C. The fourth-order valence-electron chi connectivity index (χ4n) is 2.14. The molecule has 2 aromatic rings. The van der Waals surface area contributed by atoms with E-state index in [2.05, 4.69) is 4.57 Å². The molecule has 0 aliphatic rings. The third-order valence-electron chi connectivity index (χ3n) is 3.14. The van der Waals surface area contributed by atoms with Crippen LogP contribution in [0.5, 0.6) is 0 Å². The molecule has 2 nitrogen and oxygen atoms in total. The second kappa shape index (κ2) is 3.97. The Hall–Kier alpha value is -1.83. The number of hydrogen-bond acceptors (Lipinski definition) is 1. The number of para-hydroxylation sites is 1. The minimum absolute atomic E-state index is 0.807. The standard InChI is InChI=1S/C14H15NO/c1-10-11(2)15(12(3)14(10)9-16)13-7-5-4-6-8-13/h4-9H,1-3H3. The number of carbonyl (C=O) groups excluding carboxylic acids is 1. The predicted octanol–water partition coefficient (Wildman–Crippen LogP) is 3.22. The van der Waals surface area contributed by atoms with Crippen molar-refractivity contribution >= 4 is 6.29 Å². The maximum Gasteiger partial charge on any atom is 0.152 e. The summed E-state index contributed by atoms with van der Waals surface area (Å²) in [5.74, 6) is 0. The minimum Gasteiger partial charge on any atom is -0.318 e. The summed E-state index contributed by atoms with van der Waals surface area (Å²) in [6, 6.07) is 10.1. The van der Waals surface area contributed by atoms with E-state index in [9.17, 15) is 4.79 Å². The van der Waals surface area contributed by atoms with Crippen molar-refractivity contribution in [3.63, 3.8) is 0 Å². The molecule has 0 saturated heterocycles. The first kappa shape index (κ1) is 10.7. The molecule has 0 saturated carbocycles. The Morgan fingerprint density at radius 1 is 1.00 bits per heavy atom. The van der Waals surface area contributed by atoms with Gasteiger partial charge < -0.3 is 4.57 Å². The van der Waals surface area contributed by atoms with E-state index in [1.807, 2.05) is 51.1 Å². The van der Waals surface area contributed by atoms with Gasteiger partial charge in [-0.3, -0.25) is 4.79 Å². The molecule has 1 aromatic carbocycles. The molecule has 0 spiro atoms. The monoisotopic (exact) mass is 213 g/mol. The molecular formula is C14H15NO. The Kier molecular flexibility index (Phi) is 2.65. The van der Waals surface area contributed by atoms with E-state index in [0.717, 1.165) is 34.5 Å². The van der Waals surface area contributed by atoms with Gasteiger partial charge >= 0.3 is 0 Å². The van der Waals surface area contributed by atoms with Crippen LogP contribution in [0.2, 0.25) is 0 Å². The molecular weight excluding hydrogens is 198 g/mol. The lowest BCUT2D eigenvalue weighted by Crippen LogP contribution is -1.99. The number of benzene rings is 1. The van der Waals surface area contributed by atoms with E-state index in [1.54, 1.807) is 0 Å². The molecule has 0 aliphatic heterocycles. The molecule has 2 rings (SSSR count). The molecule has 0 fully saturated rings. The first-order chi connectivity index (χ1) is 7.66. The summed E-state index contributed by atoms with van der Waals surface area (Å²) in [7, 11) is 0. The van der Waals surface area contributed by atoms with Gasteiger partial charge in [0.2, 0.25) is 0 Å². The van der Waals surface area contributed by atoms with Crippen LogP contribution >= 0.6 is 0 Å². The smallest absolute Gasteiger partial charge is 0.152 e. The second-order valence-corrected chi connectivity index (χ2v) is 4.00. The Morgan fingerprint density at radius 2 is 1.62 bits per heavy atom. The van der Waals surface area contributed by atoms with Gasteiger partial charge in [0, 0.05) is 22.6 Å². The number of carbonyl (C=O) groups is 1. The normalized spacial score (nSPS) is 10.4. The third-order valence-corrected chi connectivity index (χ3v) is 3.14. The molecule has 0 aliphatic carbocycles. The lowest BCUT2D eigenvalue weighted by molar-refractivity contribution is 0.112. The fraction of sp³-hybridized carbons (Fsp3) is 0.214. The molecule has 1 heterocycles. The number of aldehydes is 1. The van der Waals surface area contributed by atoms with Crippen LogP contribution in [0.3, 0.4) is 0 Å². The van der Waals surface area contributed by atoms with Crippen molar-refractivity contribution in [1.29, 1.82) is 0 Å². The Morgan fingerprint density at radius 3 is 2.12 bits per heavy atom. The van der Waals surface area contributed by atoms with E-state index in [0.29, 0.717) is 0 Å². The Labute approximate surface area is 95.5 Å². The van der Waals surface area contributed by atoms with Gasteiger partial charge in [0.25, 0.3) is 0 Å². The van der Waals surface area contributed by atoms with Crippen LogP contribution in [0.4, 0.5) is 0 Å². The number of nitrogens with zero attached hydrogens (tertiary/aromatic N) is 1. The first-order valence-electron chi connectivity index (χ1n) is 5.36. The second-order valence-electron chi connectivity index (χ2n) is 4.00. The molecule has 0 bridgehead atoms. The molecule has 82 valence electrons. The van der Waals surface area contributed by atoms with Gasteiger partial charge in [-0.25, -0.2) is 0 Å². The summed E-state index contributed by atoms with van der Waals surface area (Å²) >= 11 is 0. The van der Waals surface area contributed by atoms with Crippen molar-refractivity contribution in [3.8, 4) is 5.69 Å². The highest BCUT2D eigenvalue weighted by atomic mass is 16.1. The van der Waals surface area contributed by atoms with Crippen LogP contribution in [0, 0.1) is 20.8 Å². The van der Waals surface area contributed by atoms with Gasteiger partial charge in [-0.05, 0) is 38.5 Å². The highest BCUT2D eigenvalue weighted by molar-refractivity contribution is 5.80. The zero-order chi connectivity index (χ0) is 11.7. The summed E-state index contributed by atoms with van der Waals surface area (Å²) in [5, 5.41) is 0. The van der Waals surface area contributed by atoms with Crippen LogP contribution in [0.15, 0.2) is 30.3 Å². The average molecular weight is 213 g/mol. The topological polar surface area (TPSA) is 22.0 Å². The van der Waals surface area contributed by atoms with Crippen LogP contribution in [0.1, 0.15) is 27.3 Å². The molecule has 1 aromatic heterocycles. The zero-order valence-electron chi connectivity index (χ0n) is 9.82. The molecule has 0 atom stereocenters. The van der Waals surface area contributed by atoms with Crippen LogP contribution in [-0.4, -0.2) is 10.9 Å². The zero-order valence-corrected chi connectivity index (χ0v) is 9.82. The van der Waals surface area contributed by atoms with Crippen LogP contribution in [0.25, 0.3) is 5.69 Å². The van der Waals surface area contributed by atoms with E-state index in [4.69, 9.17) is 0 Å².